The molecule has 1 aliphatic heterocycles. The molecule has 3 rings (SSSR count). The number of nitrogens with zero attached hydrogens (tertiary/aromatic N) is 1. The first-order valence-corrected chi connectivity index (χ1v) is 16.8. The van der Waals surface area contributed by atoms with Gasteiger partial charge in [-0.25, -0.2) is 0 Å². The number of benzene rings is 2. The third-order valence-corrected chi connectivity index (χ3v) is 8.92. The second-order valence-electron chi connectivity index (χ2n) is 13.2. The van der Waals surface area contributed by atoms with Crippen LogP contribution in [0.1, 0.15) is 76.0 Å². The van der Waals surface area contributed by atoms with Crippen molar-refractivity contribution in [3.05, 3.63) is 71.8 Å². The van der Waals surface area contributed by atoms with Crippen molar-refractivity contribution in [2.75, 3.05) is 19.6 Å². The predicted octanol–water partition coefficient (Wildman–Crippen LogP) is 2.05. The summed E-state index contributed by atoms with van der Waals surface area (Å²) in [5, 5.41) is 15.2. The topological polar surface area (TPSA) is 211 Å². The maximum absolute atomic E-state index is 14.2. The van der Waals surface area contributed by atoms with Crippen molar-refractivity contribution >= 4 is 29.5 Å². The molecule has 1 aliphatic rings. The van der Waals surface area contributed by atoms with Gasteiger partial charge in [0.05, 0.1) is 12.0 Å². The van der Waals surface area contributed by atoms with Gasteiger partial charge in [0, 0.05) is 32.0 Å². The number of hydrogen-bond donors (Lipinski definition) is 6. The van der Waals surface area contributed by atoms with Crippen LogP contribution in [0.2, 0.25) is 0 Å². The Labute approximate surface area is 283 Å². The number of nitrogens with two attached hydrogens (primary N) is 3. The predicted molar refractivity (Wildman–Crippen MR) is 183 cm³/mol. The Balaban J connectivity index is 1.82. The van der Waals surface area contributed by atoms with Crippen LogP contribution in [0.4, 0.5) is 0 Å². The molecule has 262 valence electrons. The number of hydrogen-bond acceptors (Lipinski definition) is 8. The van der Waals surface area contributed by atoms with Gasteiger partial charge >= 0.3 is 5.97 Å². The lowest BCUT2D eigenvalue weighted by Crippen LogP contribution is -2.58. The first-order chi connectivity index (χ1) is 22.8. The fraction of sp³-hybridized carbons (Fsp3) is 0.528. The molecule has 0 spiro atoms. The Morgan fingerprint density at radius 3 is 2.06 bits per heavy atom. The number of piperidine rings is 1. The standard InChI is InChI=1S/C36H52N6O6/c1-24(2)21-29(32(44)27(15-9-10-18-37)34(46)42-19-16-36(39,17-20-42)35(47)48)41-33(45)30(22-25-11-5-3-6-12-25)40-31(43)23-28(38)26-13-7-4-8-14-26/h3-8,11-14,24,27-30H,9-10,15-23,37-39H2,1-2H3,(H,40,43)(H,41,45)(H,47,48). The molecule has 12 heteroatoms. The van der Waals surface area contributed by atoms with Gasteiger partial charge in [-0.3, -0.25) is 24.0 Å². The van der Waals surface area contributed by atoms with Gasteiger partial charge in [0.25, 0.3) is 0 Å². The molecule has 2 aromatic carbocycles. The van der Waals surface area contributed by atoms with E-state index in [1.807, 2.05) is 74.5 Å². The van der Waals surface area contributed by atoms with Gasteiger partial charge in [0.1, 0.15) is 11.6 Å². The molecule has 0 saturated carbocycles. The smallest absolute Gasteiger partial charge is 0.323 e. The molecule has 0 radical (unpaired) electrons. The Morgan fingerprint density at radius 2 is 1.50 bits per heavy atom. The lowest BCUT2D eigenvalue weighted by atomic mass is 9.85. The van der Waals surface area contributed by atoms with Gasteiger partial charge in [-0.15, -0.1) is 0 Å². The van der Waals surface area contributed by atoms with Crippen molar-refractivity contribution in [2.45, 2.75) is 88.9 Å². The van der Waals surface area contributed by atoms with E-state index < -0.39 is 59.1 Å². The number of ketones is 1. The van der Waals surface area contributed by atoms with Gasteiger partial charge in [-0.1, -0.05) is 80.9 Å². The fourth-order valence-electron chi connectivity index (χ4n) is 6.00. The van der Waals surface area contributed by atoms with Gasteiger partial charge < -0.3 is 37.8 Å². The number of carbonyl (C=O) groups is 5. The summed E-state index contributed by atoms with van der Waals surface area (Å²) in [5.41, 5.74) is 18.2. The first-order valence-electron chi connectivity index (χ1n) is 16.8. The molecule has 1 saturated heterocycles. The molecule has 3 amide bonds. The summed E-state index contributed by atoms with van der Waals surface area (Å²) in [6.07, 6.45) is 1.93. The van der Waals surface area contributed by atoms with Crippen LogP contribution in [0.3, 0.4) is 0 Å². The first kappa shape index (κ1) is 38.3. The van der Waals surface area contributed by atoms with Crippen molar-refractivity contribution in [3.8, 4) is 0 Å². The summed E-state index contributed by atoms with van der Waals surface area (Å²) < 4.78 is 0. The van der Waals surface area contributed by atoms with Gasteiger partial charge in [0.15, 0.2) is 5.78 Å². The van der Waals surface area contributed by atoms with E-state index in [4.69, 9.17) is 17.2 Å². The Bertz CT molecular complexity index is 1360. The molecule has 0 aromatic heterocycles. The molecule has 12 nitrogen and oxygen atoms in total. The summed E-state index contributed by atoms with van der Waals surface area (Å²) in [6.45, 7) is 4.46. The number of likely N-dealkylation sites (tertiary alicyclic amines) is 1. The van der Waals surface area contributed by atoms with Gasteiger partial charge in [0.2, 0.25) is 17.7 Å². The number of unbranched alkanes of at least 4 members (excludes halogenated alkanes) is 1. The average Bonchev–Trinajstić information content (AvgIpc) is 3.06. The number of carbonyl (C=O) groups excluding carboxylic acids is 4. The summed E-state index contributed by atoms with van der Waals surface area (Å²) in [7, 11) is 0. The molecule has 0 aliphatic carbocycles. The van der Waals surface area contributed by atoms with E-state index in [0.717, 1.165) is 11.1 Å². The number of aliphatic carboxylic acids is 1. The van der Waals surface area contributed by atoms with Crippen LogP contribution in [-0.4, -0.2) is 76.7 Å². The summed E-state index contributed by atoms with van der Waals surface area (Å²) in [6, 6.07) is 15.9. The largest absolute Gasteiger partial charge is 0.480 e. The minimum Gasteiger partial charge on any atom is -0.480 e. The van der Waals surface area contributed by atoms with Crippen molar-refractivity contribution in [1.82, 2.24) is 15.5 Å². The van der Waals surface area contributed by atoms with Crippen molar-refractivity contribution in [1.29, 1.82) is 0 Å². The van der Waals surface area contributed by atoms with Crippen LogP contribution in [0, 0.1) is 11.8 Å². The van der Waals surface area contributed by atoms with Crippen LogP contribution in [0.5, 0.6) is 0 Å². The molecule has 1 fully saturated rings. The third-order valence-electron chi connectivity index (χ3n) is 8.92. The average molecular weight is 665 g/mol. The van der Waals surface area contributed by atoms with Gasteiger partial charge in [-0.2, -0.15) is 0 Å². The van der Waals surface area contributed by atoms with Crippen LogP contribution < -0.4 is 27.8 Å². The molecule has 9 N–H and O–H groups in total. The van der Waals surface area contributed by atoms with Crippen LogP contribution >= 0.6 is 0 Å². The summed E-state index contributed by atoms with van der Waals surface area (Å²) in [4.78, 5) is 68.3. The molecule has 0 bridgehead atoms. The van der Waals surface area contributed by atoms with Gasteiger partial charge in [-0.05, 0) is 55.7 Å². The van der Waals surface area contributed by atoms with E-state index >= 15 is 0 Å². The number of nitrogens with one attached hydrogen (secondary N) is 2. The van der Waals surface area contributed by atoms with E-state index in [0.29, 0.717) is 19.4 Å². The summed E-state index contributed by atoms with van der Waals surface area (Å²) >= 11 is 0. The lowest BCUT2D eigenvalue weighted by Gasteiger charge is -2.38. The quantitative estimate of drug-likeness (QED) is 0.102. The van der Waals surface area contributed by atoms with Crippen molar-refractivity contribution in [2.24, 2.45) is 29.0 Å². The number of carboxylic acid groups (broad SMARTS) is 1. The number of rotatable bonds is 18. The van der Waals surface area contributed by atoms with Crippen LogP contribution in [0.15, 0.2) is 60.7 Å². The zero-order chi connectivity index (χ0) is 35.3. The number of Topliss-reactive ketones (excluding diaryl/α,β-unsaturated/α-hetero) is 1. The lowest BCUT2D eigenvalue weighted by molar-refractivity contribution is -0.150. The third kappa shape index (κ3) is 11.2. The monoisotopic (exact) mass is 664 g/mol. The Hall–Kier alpha value is -4.13. The number of amides is 3. The minimum absolute atomic E-state index is 0.00603. The van der Waals surface area contributed by atoms with E-state index in [1.165, 1.54) is 4.90 Å². The zero-order valence-corrected chi connectivity index (χ0v) is 28.1. The maximum Gasteiger partial charge on any atom is 0.323 e. The van der Waals surface area contributed by atoms with E-state index in [1.54, 1.807) is 0 Å². The van der Waals surface area contributed by atoms with E-state index in [2.05, 4.69) is 10.6 Å². The molecule has 4 atom stereocenters. The highest BCUT2D eigenvalue weighted by molar-refractivity contribution is 6.05. The van der Waals surface area contributed by atoms with E-state index in [9.17, 15) is 29.1 Å². The molecule has 1 heterocycles. The normalized spacial score (nSPS) is 16.8. The molecule has 2 aromatic rings. The highest BCUT2D eigenvalue weighted by Crippen LogP contribution is 2.25. The zero-order valence-electron chi connectivity index (χ0n) is 28.1. The summed E-state index contributed by atoms with van der Waals surface area (Å²) in [5.74, 6) is -3.96. The highest BCUT2D eigenvalue weighted by Gasteiger charge is 2.42. The van der Waals surface area contributed by atoms with Crippen molar-refractivity contribution < 1.29 is 29.1 Å². The van der Waals surface area contributed by atoms with Crippen molar-refractivity contribution in [3.63, 3.8) is 0 Å². The van der Waals surface area contributed by atoms with Crippen LogP contribution in [-0.2, 0) is 30.4 Å². The second-order valence-corrected chi connectivity index (χ2v) is 13.2. The second kappa shape index (κ2) is 18.4. The highest BCUT2D eigenvalue weighted by atomic mass is 16.4. The van der Waals surface area contributed by atoms with Crippen LogP contribution in [0.25, 0.3) is 0 Å². The molecule has 4 unspecified atom stereocenters. The molecule has 48 heavy (non-hydrogen) atoms. The SMILES string of the molecule is CC(C)CC(NC(=O)C(Cc1ccccc1)NC(=O)CC(N)c1ccccc1)C(=O)C(CCCCN)C(=O)N1CCC(N)(C(=O)O)CC1. The number of carboxylic acids is 1. The molecular weight excluding hydrogens is 612 g/mol. The fourth-order valence-corrected chi connectivity index (χ4v) is 6.00. The Kier molecular flexibility index (Phi) is 14.7. The van der Waals surface area contributed by atoms with E-state index in [-0.39, 0.29) is 57.5 Å². The minimum atomic E-state index is -1.42. The molecular formula is C36H52N6O6. The Morgan fingerprint density at radius 1 is 0.896 bits per heavy atom. The maximum atomic E-state index is 14.2.